The van der Waals surface area contributed by atoms with Crippen LogP contribution in [0.4, 0.5) is 0 Å². The van der Waals surface area contributed by atoms with Crippen LogP contribution in [0.5, 0.6) is 0 Å². The maximum absolute atomic E-state index is 13.1. The molecule has 0 aromatic rings. The van der Waals surface area contributed by atoms with Crippen molar-refractivity contribution >= 4 is 39.5 Å². The van der Waals surface area contributed by atoms with Gasteiger partial charge < -0.3 is 33.8 Å². The number of allylic oxidation sites excluding steroid dienone is 22. The van der Waals surface area contributed by atoms with Gasteiger partial charge in [-0.05, 0) is 161 Å². The Bertz CT molecular complexity index is 2460. The lowest BCUT2D eigenvalue weighted by atomic mass is 10.1. The zero-order chi connectivity index (χ0) is 74.6. The lowest BCUT2D eigenvalue weighted by molar-refractivity contribution is -0.161. The molecule has 0 spiro atoms. The number of unbranched alkanes of at least 4 members (excludes halogenated alkanes) is 25. The van der Waals surface area contributed by atoms with Gasteiger partial charge in [0.2, 0.25) is 0 Å². The molecular weight excluding hydrogens is 1330 g/mol. The first-order valence-corrected chi connectivity index (χ1v) is 42.4. The number of phosphoric ester groups is 2. The van der Waals surface area contributed by atoms with E-state index in [0.717, 1.165) is 135 Å². The number of aliphatic hydroxyl groups is 1. The highest BCUT2D eigenvalue weighted by Gasteiger charge is 2.30. The van der Waals surface area contributed by atoms with Crippen molar-refractivity contribution in [2.24, 2.45) is 0 Å². The van der Waals surface area contributed by atoms with E-state index in [4.69, 9.17) is 37.0 Å². The van der Waals surface area contributed by atoms with E-state index in [9.17, 15) is 43.2 Å². The topological polar surface area (TPSA) is 237 Å². The Kier molecular flexibility index (Phi) is 71.0. The Morgan fingerprint density at radius 2 is 0.490 bits per heavy atom. The molecule has 0 rings (SSSR count). The fourth-order valence-electron chi connectivity index (χ4n) is 9.99. The van der Waals surface area contributed by atoms with Crippen molar-refractivity contribution in [1.29, 1.82) is 0 Å². The van der Waals surface area contributed by atoms with Crippen LogP contribution in [0.1, 0.15) is 310 Å². The van der Waals surface area contributed by atoms with Gasteiger partial charge in [-0.1, -0.05) is 258 Å². The van der Waals surface area contributed by atoms with Crippen molar-refractivity contribution in [2.75, 3.05) is 39.6 Å². The van der Waals surface area contributed by atoms with Crippen LogP contribution in [-0.2, 0) is 65.4 Å². The minimum Gasteiger partial charge on any atom is -0.462 e. The van der Waals surface area contributed by atoms with E-state index in [1.165, 1.54) is 83.5 Å². The van der Waals surface area contributed by atoms with Crippen molar-refractivity contribution in [3.63, 3.8) is 0 Å². The Labute approximate surface area is 618 Å². The molecular formula is C83H140O17P2. The van der Waals surface area contributed by atoms with Gasteiger partial charge in [-0.2, -0.15) is 0 Å². The maximum Gasteiger partial charge on any atom is 0.472 e. The van der Waals surface area contributed by atoms with Crippen molar-refractivity contribution < 1.29 is 80.2 Å². The zero-order valence-electron chi connectivity index (χ0n) is 63.7. The number of aliphatic hydroxyl groups excluding tert-OH is 1. The number of carbonyl (C=O) groups is 4. The summed E-state index contributed by atoms with van der Waals surface area (Å²) in [5.41, 5.74) is 0. The van der Waals surface area contributed by atoms with E-state index < -0.39 is 97.5 Å². The van der Waals surface area contributed by atoms with Gasteiger partial charge in [0, 0.05) is 25.7 Å². The van der Waals surface area contributed by atoms with Crippen LogP contribution in [0.2, 0.25) is 0 Å². The van der Waals surface area contributed by atoms with E-state index in [1.54, 1.807) is 0 Å². The molecule has 584 valence electrons. The number of hydrogen-bond acceptors (Lipinski definition) is 15. The van der Waals surface area contributed by atoms with Crippen molar-refractivity contribution in [3.8, 4) is 0 Å². The number of rotatable bonds is 73. The average Bonchev–Trinajstić information content (AvgIpc) is 0.966. The Hall–Kier alpha value is -4.80. The number of esters is 4. The van der Waals surface area contributed by atoms with E-state index in [-0.39, 0.29) is 25.7 Å². The van der Waals surface area contributed by atoms with Crippen LogP contribution in [-0.4, -0.2) is 96.7 Å². The molecule has 0 aromatic heterocycles. The number of hydrogen-bond donors (Lipinski definition) is 3. The number of carbonyl (C=O) groups excluding carboxylic acids is 4. The molecule has 102 heavy (non-hydrogen) atoms. The molecule has 0 heterocycles. The minimum absolute atomic E-state index is 0.0116. The highest BCUT2D eigenvalue weighted by Crippen LogP contribution is 2.45. The highest BCUT2D eigenvalue weighted by atomic mass is 31.2. The molecule has 0 amide bonds. The molecule has 0 saturated heterocycles. The summed E-state index contributed by atoms with van der Waals surface area (Å²) in [7, 11) is -10.0. The smallest absolute Gasteiger partial charge is 0.462 e. The van der Waals surface area contributed by atoms with Crippen molar-refractivity contribution in [2.45, 2.75) is 329 Å². The van der Waals surface area contributed by atoms with Gasteiger partial charge in [-0.3, -0.25) is 37.3 Å². The second kappa shape index (κ2) is 74.5. The summed E-state index contributed by atoms with van der Waals surface area (Å²) in [5, 5.41) is 10.6. The SMILES string of the molecule is CCCCC/C=C\C/C=C\C/C=C\C/C=C\CCCC(=O)O[C@H](COC(=O)CCCCCCC/C=C\C/C=C\CCCCC)COP(=O)(O)OC[C@@H](O)COP(=O)(O)OC[C@@H](COC(=O)CCCCCCC/C=C\CCCCCC)OC(=O)CCC/C=C\C/C=C\C/C=C\C/C=C\CCCCC. The molecule has 0 radical (unpaired) electrons. The van der Waals surface area contributed by atoms with Crippen LogP contribution >= 0.6 is 15.6 Å². The molecule has 0 aliphatic rings. The monoisotopic (exact) mass is 1470 g/mol. The summed E-state index contributed by atoms with van der Waals surface area (Å²) in [6, 6.07) is 0. The van der Waals surface area contributed by atoms with Gasteiger partial charge >= 0.3 is 39.5 Å². The van der Waals surface area contributed by atoms with Crippen LogP contribution < -0.4 is 0 Å². The second-order valence-electron chi connectivity index (χ2n) is 25.9. The fourth-order valence-corrected chi connectivity index (χ4v) is 11.6. The molecule has 19 heteroatoms. The minimum atomic E-state index is -5.00. The molecule has 0 aromatic carbocycles. The van der Waals surface area contributed by atoms with Gasteiger partial charge in [0.25, 0.3) is 0 Å². The first kappa shape index (κ1) is 97.2. The predicted octanol–water partition coefficient (Wildman–Crippen LogP) is 22.9. The Morgan fingerprint density at radius 1 is 0.275 bits per heavy atom. The second-order valence-corrected chi connectivity index (χ2v) is 28.8. The summed E-state index contributed by atoms with van der Waals surface area (Å²) in [5.74, 6) is -2.33. The van der Waals surface area contributed by atoms with Gasteiger partial charge in [-0.25, -0.2) is 9.13 Å². The van der Waals surface area contributed by atoms with E-state index >= 15 is 0 Å². The van der Waals surface area contributed by atoms with Gasteiger partial charge in [0.1, 0.15) is 19.3 Å². The number of phosphoric acid groups is 2. The summed E-state index contributed by atoms with van der Waals surface area (Å²) in [6.07, 6.45) is 83.0. The third kappa shape index (κ3) is 73.5. The largest absolute Gasteiger partial charge is 0.472 e. The lowest BCUT2D eigenvalue weighted by Gasteiger charge is -2.21. The van der Waals surface area contributed by atoms with E-state index in [2.05, 4.69) is 137 Å². The standard InChI is InChI=1S/C83H140O17P2/c1-5-9-13-17-21-25-29-33-36-38-41-45-49-53-57-61-65-69-82(87)99-78(73-93-80(85)67-63-59-55-51-47-43-32-28-24-20-16-12-8-4)75-97-101(89,90)95-71-77(84)72-96-102(91,92)98-76-79(74-94-81(86)68-64-60-56-52-48-44-40-35-31-27-23-19-15-11-7-3)100-83(88)70-66-62-58-54-50-46-42-39-37-34-30-26-22-18-14-10-6-2/h21-23,25-28,32-37,40-42,45-46,53-54,57-58,77-79,84H,5-20,24,29-31,38-39,43-44,47-52,55-56,59-76H2,1-4H3,(H,89,90)(H,91,92)/b25-21-,26-22-,27-23-,32-28-,36-33-,37-34-,40-35-,45-41-,46-42-,57-53-,58-54-/t77-,78+,79+/m0/s1. The third-order valence-corrected chi connectivity index (χ3v) is 18.0. The summed E-state index contributed by atoms with van der Waals surface area (Å²) in [6.45, 7) is 4.62. The first-order chi connectivity index (χ1) is 49.7. The fraction of sp³-hybridized carbons (Fsp3) is 0.687. The molecule has 0 fully saturated rings. The Balaban J connectivity index is 5.49. The van der Waals surface area contributed by atoms with E-state index in [0.29, 0.717) is 38.5 Å². The summed E-state index contributed by atoms with van der Waals surface area (Å²) in [4.78, 5) is 72.9. The molecule has 0 aliphatic carbocycles. The van der Waals surface area contributed by atoms with Crippen LogP contribution in [0.15, 0.2) is 134 Å². The molecule has 3 N–H and O–H groups in total. The molecule has 0 aliphatic heterocycles. The quantitative estimate of drug-likeness (QED) is 0.0169. The molecule has 2 unspecified atom stereocenters. The lowest BCUT2D eigenvalue weighted by Crippen LogP contribution is -2.30. The molecule has 17 nitrogen and oxygen atoms in total. The number of ether oxygens (including phenoxy) is 4. The van der Waals surface area contributed by atoms with Crippen LogP contribution in [0.25, 0.3) is 0 Å². The Morgan fingerprint density at radius 3 is 0.794 bits per heavy atom. The normalized spacial score (nSPS) is 14.6. The van der Waals surface area contributed by atoms with Crippen LogP contribution in [0, 0.1) is 0 Å². The predicted molar refractivity (Wildman–Crippen MR) is 418 cm³/mol. The third-order valence-electron chi connectivity index (χ3n) is 16.1. The first-order valence-electron chi connectivity index (χ1n) is 39.4. The molecule has 0 bridgehead atoms. The van der Waals surface area contributed by atoms with Crippen molar-refractivity contribution in [1.82, 2.24) is 0 Å². The van der Waals surface area contributed by atoms with Gasteiger partial charge in [0.15, 0.2) is 12.2 Å². The van der Waals surface area contributed by atoms with Gasteiger partial charge in [0.05, 0.1) is 26.4 Å². The van der Waals surface area contributed by atoms with E-state index in [1.807, 2.05) is 24.3 Å². The molecule has 5 atom stereocenters. The summed E-state index contributed by atoms with van der Waals surface area (Å²) < 4.78 is 68.4. The summed E-state index contributed by atoms with van der Waals surface area (Å²) >= 11 is 0. The van der Waals surface area contributed by atoms with Crippen LogP contribution in [0.3, 0.4) is 0 Å². The highest BCUT2D eigenvalue weighted by molar-refractivity contribution is 7.47. The maximum atomic E-state index is 13.1. The van der Waals surface area contributed by atoms with Crippen molar-refractivity contribution in [3.05, 3.63) is 134 Å². The average molecular weight is 1470 g/mol. The molecule has 0 saturated carbocycles. The zero-order valence-corrected chi connectivity index (χ0v) is 65.5. The van der Waals surface area contributed by atoms with Gasteiger partial charge in [-0.15, -0.1) is 0 Å².